The van der Waals surface area contributed by atoms with Gasteiger partial charge in [0.1, 0.15) is 0 Å². The van der Waals surface area contributed by atoms with E-state index in [-0.39, 0.29) is 173 Å². The molecule has 0 saturated carbocycles. The quantitative estimate of drug-likeness (QED) is 0.162. The standard InChI is InChI=1S/3C20H14O2.6C4H8O.Eu.3Na/c3*21-17-11-9-13-5-1-3-7-15(13)19(17)20-16-8-4-2-6-14(16)10-12-18(20)22;6*1-2-4-5-3-1;;;;/h3*1-12,21-22H;6*1-4H2;;;;/q;;;;;;;;;+3;3*+1/p-6. The Labute approximate surface area is 695 Å². The fourth-order valence-corrected chi connectivity index (χ4v) is 12.1. The van der Waals surface area contributed by atoms with Gasteiger partial charge in [0, 0.05) is 79.3 Å². The largest absolute Gasteiger partial charge is 3.00 e. The predicted molar refractivity (Wildman–Crippen MR) is 378 cm³/mol. The smallest absolute Gasteiger partial charge is 0.872 e. The Bertz CT molecular complexity index is 3630. The molecule has 6 aliphatic rings. The molecule has 6 heterocycles. The number of benzene rings is 12. The molecule has 12 aromatic rings. The summed E-state index contributed by atoms with van der Waals surface area (Å²) in [5.41, 5.74) is 3.00. The molecule has 18 rings (SSSR count). The summed E-state index contributed by atoms with van der Waals surface area (Å²) in [7, 11) is 0. The van der Waals surface area contributed by atoms with Crippen molar-refractivity contribution in [2.45, 2.75) is 77.0 Å². The van der Waals surface area contributed by atoms with Crippen LogP contribution in [0.15, 0.2) is 218 Å². The first kappa shape index (κ1) is 84.3. The SMILES string of the molecule is C1CCOC1.C1CCOC1.C1CCOC1.C1CCOC1.C1CCOC1.C1CCOC1.[Eu+3].[Na+].[Na+].[Na+].[O-]c1ccc2ccccc2c1-c1c([O-])ccc2ccccc12.[O-]c1ccc2ccccc2c1-c1c([O-])ccc2ccccc12.[O-]c1ccc2ccccc2c1-c1c([O-])ccc2ccccc12. The zero-order valence-corrected chi connectivity index (χ0v) is 66.5. The van der Waals surface area contributed by atoms with Crippen molar-refractivity contribution in [3.05, 3.63) is 218 Å². The monoisotopic (exact) mass is 1510 g/mol. The minimum atomic E-state index is -0.118. The van der Waals surface area contributed by atoms with Gasteiger partial charge in [0.05, 0.1) is 0 Å². The van der Waals surface area contributed by atoms with E-state index in [1.54, 1.807) is 72.8 Å². The van der Waals surface area contributed by atoms with Crippen molar-refractivity contribution < 1.29 is 197 Å². The van der Waals surface area contributed by atoms with Gasteiger partial charge in [-0.15, -0.1) is 34.5 Å². The first-order valence-electron chi connectivity index (χ1n) is 33.9. The summed E-state index contributed by atoms with van der Waals surface area (Å²) in [4.78, 5) is 0. The Morgan fingerprint density at radius 2 is 0.290 bits per heavy atom. The molecule has 6 saturated heterocycles. The minimum Gasteiger partial charge on any atom is -0.872 e. The molecule has 0 aromatic heterocycles. The maximum atomic E-state index is 12.5. The van der Waals surface area contributed by atoms with Crippen LogP contribution >= 0.6 is 0 Å². The van der Waals surface area contributed by atoms with Crippen molar-refractivity contribution >= 4 is 64.6 Å². The van der Waals surface area contributed by atoms with E-state index in [2.05, 4.69) is 0 Å². The Morgan fingerprint density at radius 1 is 0.170 bits per heavy atom. The van der Waals surface area contributed by atoms with Gasteiger partial charge in [0.15, 0.2) is 0 Å². The molecule has 0 N–H and O–H groups in total. The summed E-state index contributed by atoms with van der Waals surface area (Å²) in [6.45, 7) is 12.0. The van der Waals surface area contributed by atoms with Gasteiger partial charge in [0.2, 0.25) is 0 Å². The Balaban J connectivity index is 0.000000192. The first-order valence-corrected chi connectivity index (χ1v) is 33.9. The van der Waals surface area contributed by atoms with E-state index in [4.69, 9.17) is 28.4 Å². The number of fused-ring (bicyclic) bond motifs is 6. The second-order valence-electron chi connectivity index (χ2n) is 23.9. The van der Waals surface area contributed by atoms with Gasteiger partial charge < -0.3 is 59.1 Å². The van der Waals surface area contributed by atoms with Crippen LogP contribution in [0.25, 0.3) is 98.0 Å². The average molecular weight is 1510 g/mol. The summed E-state index contributed by atoms with van der Waals surface area (Å²) >= 11 is 0. The Hall–Kier alpha value is -4.66. The fraction of sp³-hybridized carbons (Fsp3) is 0.286. The molecule has 0 atom stereocenters. The van der Waals surface area contributed by atoms with Crippen molar-refractivity contribution in [3.8, 4) is 67.9 Å². The summed E-state index contributed by atoms with van der Waals surface area (Å²) in [5.74, 6) is -0.710. The maximum Gasteiger partial charge on any atom is 3.00 e. The van der Waals surface area contributed by atoms with E-state index in [1.165, 1.54) is 77.0 Å². The molecule has 6 fully saturated rings. The average Bonchev–Trinajstić information content (AvgIpc) is 0.886. The number of hydrogen-bond donors (Lipinski definition) is 0. The van der Waals surface area contributed by atoms with E-state index >= 15 is 0 Å². The van der Waals surface area contributed by atoms with Gasteiger partial charge in [-0.1, -0.05) is 218 Å². The third-order valence-corrected chi connectivity index (χ3v) is 17.1. The van der Waals surface area contributed by atoms with Crippen molar-refractivity contribution in [1.82, 2.24) is 0 Å². The van der Waals surface area contributed by atoms with Crippen molar-refractivity contribution in [1.29, 1.82) is 0 Å². The van der Waals surface area contributed by atoms with Gasteiger partial charge >= 0.3 is 138 Å². The van der Waals surface area contributed by atoms with E-state index < -0.39 is 0 Å². The summed E-state index contributed by atoms with van der Waals surface area (Å²) < 4.78 is 29.7. The van der Waals surface area contributed by atoms with Crippen molar-refractivity contribution in [2.75, 3.05) is 79.3 Å². The molecule has 502 valence electrons. The number of rotatable bonds is 3. The third-order valence-electron chi connectivity index (χ3n) is 17.1. The Kier molecular flexibility index (Phi) is 39.0. The predicted octanol–water partition coefficient (Wildman–Crippen LogP) is 7.21. The van der Waals surface area contributed by atoms with E-state index in [9.17, 15) is 30.6 Å². The van der Waals surface area contributed by atoms with Gasteiger partial charge in [-0.05, 0) is 175 Å². The second kappa shape index (κ2) is 46.2. The normalized spacial score (nSPS) is 14.5. The topological polar surface area (TPSA) is 194 Å². The van der Waals surface area contributed by atoms with Gasteiger partial charge in [0.25, 0.3) is 0 Å². The zero-order chi connectivity index (χ0) is 66.5. The molecule has 0 radical (unpaired) electrons. The second-order valence-corrected chi connectivity index (χ2v) is 23.9. The van der Waals surface area contributed by atoms with Crippen LogP contribution in [0.4, 0.5) is 0 Å². The summed E-state index contributed by atoms with van der Waals surface area (Å²) in [6.07, 6.45) is 15.3. The maximum absolute atomic E-state index is 12.5. The molecule has 0 amide bonds. The molecule has 16 heteroatoms. The number of hydrogen-bond acceptors (Lipinski definition) is 12. The van der Waals surface area contributed by atoms with Gasteiger partial charge in [-0.3, -0.25) is 0 Å². The molecule has 0 spiro atoms. The molecular formula is C84H84EuNa3O12. The molecule has 0 aliphatic carbocycles. The zero-order valence-electron chi connectivity index (χ0n) is 58.0. The molecule has 12 aromatic carbocycles. The van der Waals surface area contributed by atoms with E-state index in [0.29, 0.717) is 33.4 Å². The van der Waals surface area contributed by atoms with Crippen LogP contribution in [-0.4, -0.2) is 79.3 Å². The van der Waals surface area contributed by atoms with Gasteiger partial charge in [-0.25, -0.2) is 0 Å². The third kappa shape index (κ3) is 24.2. The molecular weight excluding hydrogens is 1420 g/mol. The van der Waals surface area contributed by atoms with Crippen LogP contribution in [0.3, 0.4) is 0 Å². The van der Waals surface area contributed by atoms with Crippen LogP contribution in [0.1, 0.15) is 77.0 Å². The van der Waals surface area contributed by atoms with Crippen LogP contribution in [0, 0.1) is 49.4 Å². The van der Waals surface area contributed by atoms with Gasteiger partial charge in [-0.2, -0.15) is 0 Å². The van der Waals surface area contributed by atoms with Crippen LogP contribution in [0.5, 0.6) is 34.5 Å². The van der Waals surface area contributed by atoms with E-state index in [0.717, 1.165) is 144 Å². The molecule has 12 nitrogen and oxygen atoms in total. The molecule has 100 heavy (non-hydrogen) atoms. The summed E-state index contributed by atoms with van der Waals surface area (Å²) in [5, 5.41) is 85.7. The number of ether oxygens (including phenoxy) is 6. The molecule has 6 aliphatic heterocycles. The summed E-state index contributed by atoms with van der Waals surface area (Å²) in [6, 6.07) is 66.1. The van der Waals surface area contributed by atoms with Crippen LogP contribution < -0.4 is 119 Å². The van der Waals surface area contributed by atoms with Crippen LogP contribution in [-0.2, 0) is 28.4 Å². The fourth-order valence-electron chi connectivity index (χ4n) is 12.1. The molecule has 0 unspecified atom stereocenters. The molecule has 0 bridgehead atoms. The van der Waals surface area contributed by atoms with Crippen molar-refractivity contribution in [3.63, 3.8) is 0 Å². The Morgan fingerprint density at radius 3 is 0.400 bits per heavy atom. The van der Waals surface area contributed by atoms with Crippen molar-refractivity contribution in [2.24, 2.45) is 0 Å². The van der Waals surface area contributed by atoms with E-state index in [1.807, 2.05) is 146 Å². The minimum absolute atomic E-state index is 0. The van der Waals surface area contributed by atoms with Crippen LogP contribution in [0.2, 0.25) is 0 Å². The first-order chi connectivity index (χ1) is 47.3.